The number of nitrogens with zero attached hydrogens (tertiary/aromatic N) is 1. The van der Waals surface area contributed by atoms with E-state index in [1.54, 1.807) is 7.11 Å². The van der Waals surface area contributed by atoms with E-state index < -0.39 is 0 Å². The average Bonchev–Trinajstić information content (AvgIpc) is 2.18. The van der Waals surface area contributed by atoms with E-state index in [1.165, 1.54) is 0 Å². The van der Waals surface area contributed by atoms with Crippen LogP contribution in [0.3, 0.4) is 0 Å². The third-order valence-electron chi connectivity index (χ3n) is 1.92. The average molecular weight is 255 g/mol. The van der Waals surface area contributed by atoms with Crippen LogP contribution >= 0.6 is 15.9 Å². The molecule has 0 bridgehead atoms. The van der Waals surface area contributed by atoms with Gasteiger partial charge in [0, 0.05) is 6.04 Å². The monoisotopic (exact) mass is 254 g/mol. The molecular formula is C10H11BrN2O. The number of methoxy groups -OCH3 is 1. The zero-order valence-corrected chi connectivity index (χ0v) is 9.41. The fourth-order valence-electron chi connectivity index (χ4n) is 1.13. The van der Waals surface area contributed by atoms with E-state index in [9.17, 15) is 0 Å². The summed E-state index contributed by atoms with van der Waals surface area (Å²) in [6, 6.07) is 7.38. The molecule has 0 radical (unpaired) electrons. The molecule has 0 aliphatic rings. The van der Waals surface area contributed by atoms with Crippen LogP contribution in [0, 0.1) is 11.3 Å². The molecule has 1 rings (SSSR count). The largest absolute Gasteiger partial charge is 0.496 e. The molecule has 0 heterocycles. The fourth-order valence-corrected chi connectivity index (χ4v) is 1.69. The van der Waals surface area contributed by atoms with Crippen LogP contribution in [0.25, 0.3) is 0 Å². The van der Waals surface area contributed by atoms with Gasteiger partial charge in [-0.1, -0.05) is 6.07 Å². The van der Waals surface area contributed by atoms with Gasteiger partial charge in [0.1, 0.15) is 5.75 Å². The van der Waals surface area contributed by atoms with Gasteiger partial charge in [-0.15, -0.1) is 0 Å². The second kappa shape index (κ2) is 4.99. The van der Waals surface area contributed by atoms with Crippen molar-refractivity contribution in [3.63, 3.8) is 0 Å². The van der Waals surface area contributed by atoms with Crippen LogP contribution in [0.5, 0.6) is 5.75 Å². The maximum Gasteiger partial charge on any atom is 0.133 e. The zero-order valence-electron chi connectivity index (χ0n) is 7.83. The Morgan fingerprint density at radius 2 is 2.36 bits per heavy atom. The Morgan fingerprint density at radius 3 is 2.86 bits per heavy atom. The van der Waals surface area contributed by atoms with Gasteiger partial charge in [0.15, 0.2) is 0 Å². The summed E-state index contributed by atoms with van der Waals surface area (Å²) >= 11 is 3.36. The van der Waals surface area contributed by atoms with E-state index in [1.807, 2.05) is 24.3 Å². The summed E-state index contributed by atoms with van der Waals surface area (Å²) in [7, 11) is 1.61. The lowest BCUT2D eigenvalue weighted by atomic mass is 10.1. The number of hydrogen-bond acceptors (Lipinski definition) is 3. The maximum atomic E-state index is 8.50. The first-order chi connectivity index (χ1) is 6.69. The Morgan fingerprint density at radius 1 is 1.64 bits per heavy atom. The van der Waals surface area contributed by atoms with Crippen molar-refractivity contribution in [2.45, 2.75) is 12.5 Å². The van der Waals surface area contributed by atoms with Crippen molar-refractivity contribution >= 4 is 15.9 Å². The molecule has 0 aromatic heterocycles. The Hall–Kier alpha value is -1.05. The van der Waals surface area contributed by atoms with Gasteiger partial charge in [0.25, 0.3) is 0 Å². The lowest BCUT2D eigenvalue weighted by Gasteiger charge is -2.10. The maximum absolute atomic E-state index is 8.50. The highest BCUT2D eigenvalue weighted by atomic mass is 79.9. The van der Waals surface area contributed by atoms with Crippen molar-refractivity contribution in [3.8, 4) is 11.8 Å². The summed E-state index contributed by atoms with van der Waals surface area (Å²) in [5.74, 6) is 0.762. The minimum atomic E-state index is -0.234. The van der Waals surface area contributed by atoms with Crippen LogP contribution in [0.4, 0.5) is 0 Å². The van der Waals surface area contributed by atoms with E-state index in [4.69, 9.17) is 15.7 Å². The molecule has 0 aliphatic carbocycles. The van der Waals surface area contributed by atoms with Gasteiger partial charge in [0.05, 0.1) is 24.1 Å². The minimum absolute atomic E-state index is 0.234. The predicted molar refractivity (Wildman–Crippen MR) is 57.9 cm³/mol. The molecule has 0 fully saturated rings. The summed E-state index contributed by atoms with van der Waals surface area (Å²) in [5.41, 5.74) is 6.71. The van der Waals surface area contributed by atoms with Crippen molar-refractivity contribution in [1.29, 1.82) is 5.26 Å². The van der Waals surface area contributed by atoms with Gasteiger partial charge in [-0.05, 0) is 33.6 Å². The fraction of sp³-hybridized carbons (Fsp3) is 0.300. The van der Waals surface area contributed by atoms with Crippen LogP contribution in [0.2, 0.25) is 0 Å². The first kappa shape index (κ1) is 11.0. The zero-order chi connectivity index (χ0) is 10.6. The third kappa shape index (κ3) is 2.47. The molecule has 2 N–H and O–H groups in total. The molecule has 0 aliphatic heterocycles. The highest BCUT2D eigenvalue weighted by Crippen LogP contribution is 2.28. The Kier molecular flexibility index (Phi) is 3.93. The van der Waals surface area contributed by atoms with Gasteiger partial charge in [-0.3, -0.25) is 0 Å². The molecule has 0 saturated heterocycles. The number of nitriles is 1. The number of hydrogen-bond donors (Lipinski definition) is 1. The molecule has 1 aromatic rings. The summed E-state index contributed by atoms with van der Waals surface area (Å²) in [6.07, 6.45) is 0.318. The van der Waals surface area contributed by atoms with Crippen molar-refractivity contribution in [2.75, 3.05) is 7.11 Å². The lowest BCUT2D eigenvalue weighted by molar-refractivity contribution is 0.412. The van der Waals surface area contributed by atoms with Crippen molar-refractivity contribution in [2.24, 2.45) is 5.73 Å². The molecule has 1 unspecified atom stereocenters. The van der Waals surface area contributed by atoms with Crippen LogP contribution in [-0.2, 0) is 0 Å². The van der Waals surface area contributed by atoms with E-state index in [0.29, 0.717) is 6.42 Å². The Balaban J connectivity index is 2.92. The van der Waals surface area contributed by atoms with Crippen molar-refractivity contribution in [3.05, 3.63) is 28.2 Å². The van der Waals surface area contributed by atoms with E-state index in [0.717, 1.165) is 15.8 Å². The van der Waals surface area contributed by atoms with E-state index >= 15 is 0 Å². The standard InChI is InChI=1S/C10H11BrN2O/c1-14-10-3-2-7(6-8(10)11)9(13)4-5-12/h2-3,6,9H,4,13H2,1H3. The topological polar surface area (TPSA) is 59.0 Å². The molecular weight excluding hydrogens is 244 g/mol. The Labute approximate surface area is 91.6 Å². The number of benzene rings is 1. The van der Waals surface area contributed by atoms with Gasteiger partial charge >= 0.3 is 0 Å². The van der Waals surface area contributed by atoms with E-state index in [-0.39, 0.29) is 6.04 Å². The molecule has 0 amide bonds. The number of ether oxygens (including phenoxy) is 1. The van der Waals surface area contributed by atoms with Gasteiger partial charge in [-0.2, -0.15) is 5.26 Å². The normalized spacial score (nSPS) is 11.9. The predicted octanol–water partition coefficient (Wildman–Crippen LogP) is 2.37. The van der Waals surface area contributed by atoms with Crippen molar-refractivity contribution < 1.29 is 4.74 Å². The molecule has 1 atom stereocenters. The highest BCUT2D eigenvalue weighted by Gasteiger charge is 2.07. The molecule has 14 heavy (non-hydrogen) atoms. The molecule has 3 nitrogen and oxygen atoms in total. The van der Waals surface area contributed by atoms with Gasteiger partial charge in [-0.25, -0.2) is 0 Å². The van der Waals surface area contributed by atoms with Crippen LogP contribution < -0.4 is 10.5 Å². The van der Waals surface area contributed by atoms with Crippen molar-refractivity contribution in [1.82, 2.24) is 0 Å². The number of nitrogens with two attached hydrogens (primary N) is 1. The summed E-state index contributed by atoms with van der Waals surface area (Å²) in [5, 5.41) is 8.50. The second-order valence-corrected chi connectivity index (χ2v) is 3.72. The smallest absolute Gasteiger partial charge is 0.133 e. The van der Waals surface area contributed by atoms with Gasteiger partial charge < -0.3 is 10.5 Å². The lowest BCUT2D eigenvalue weighted by Crippen LogP contribution is -2.09. The molecule has 0 saturated carbocycles. The van der Waals surface area contributed by atoms with Crippen LogP contribution in [0.1, 0.15) is 18.0 Å². The summed E-state index contributed by atoms with van der Waals surface area (Å²) in [4.78, 5) is 0. The first-order valence-electron chi connectivity index (χ1n) is 4.15. The molecule has 1 aromatic carbocycles. The van der Waals surface area contributed by atoms with Crippen LogP contribution in [-0.4, -0.2) is 7.11 Å². The summed E-state index contributed by atoms with van der Waals surface area (Å²) in [6.45, 7) is 0. The SMILES string of the molecule is COc1ccc(C(N)CC#N)cc1Br. The first-order valence-corrected chi connectivity index (χ1v) is 4.94. The summed E-state index contributed by atoms with van der Waals surface area (Å²) < 4.78 is 5.94. The van der Waals surface area contributed by atoms with E-state index in [2.05, 4.69) is 15.9 Å². The highest BCUT2D eigenvalue weighted by molar-refractivity contribution is 9.10. The number of halogens is 1. The molecule has 4 heteroatoms. The van der Waals surface area contributed by atoms with Crippen LogP contribution in [0.15, 0.2) is 22.7 Å². The Bertz CT molecular complexity index is 360. The number of rotatable bonds is 3. The quantitative estimate of drug-likeness (QED) is 0.901. The third-order valence-corrected chi connectivity index (χ3v) is 2.53. The van der Waals surface area contributed by atoms with Gasteiger partial charge in [0.2, 0.25) is 0 Å². The minimum Gasteiger partial charge on any atom is -0.496 e. The molecule has 0 spiro atoms. The second-order valence-electron chi connectivity index (χ2n) is 2.86. The molecule has 74 valence electrons.